The van der Waals surface area contributed by atoms with Crippen molar-refractivity contribution in [3.05, 3.63) is 36.0 Å². The van der Waals surface area contributed by atoms with E-state index in [1.807, 2.05) is 35.2 Å². The number of H-pyrrole nitrogens is 1. The number of amides is 1. The van der Waals surface area contributed by atoms with Gasteiger partial charge in [-0.3, -0.25) is 4.79 Å². The average Bonchev–Trinajstić information content (AvgIpc) is 2.93. The van der Waals surface area contributed by atoms with E-state index in [0.717, 1.165) is 23.9 Å². The normalized spacial score (nSPS) is 20.1. The molecule has 0 spiro atoms. The molecule has 4 nitrogen and oxygen atoms in total. The average molecular weight is 229 g/mol. The van der Waals surface area contributed by atoms with Crippen molar-refractivity contribution in [1.29, 1.82) is 0 Å². The molecule has 1 aliphatic heterocycles. The summed E-state index contributed by atoms with van der Waals surface area (Å²) in [5.74, 6) is 0.0501. The van der Waals surface area contributed by atoms with E-state index >= 15 is 0 Å². The zero-order valence-corrected chi connectivity index (χ0v) is 9.52. The summed E-state index contributed by atoms with van der Waals surface area (Å²) in [5.41, 5.74) is 7.46. The largest absolute Gasteiger partial charge is 0.351 e. The van der Waals surface area contributed by atoms with E-state index in [9.17, 15) is 4.79 Å². The predicted molar refractivity (Wildman–Crippen MR) is 66.8 cm³/mol. The Morgan fingerprint density at radius 2 is 2.24 bits per heavy atom. The van der Waals surface area contributed by atoms with Gasteiger partial charge in [0.15, 0.2) is 0 Å². The molecule has 3 rings (SSSR count). The highest BCUT2D eigenvalue weighted by atomic mass is 16.2. The lowest BCUT2D eigenvalue weighted by Gasteiger charge is -2.14. The summed E-state index contributed by atoms with van der Waals surface area (Å²) in [5, 5.41) is 1.07. The zero-order chi connectivity index (χ0) is 11.8. The van der Waals surface area contributed by atoms with Crippen LogP contribution in [0.4, 0.5) is 0 Å². The molecule has 88 valence electrons. The van der Waals surface area contributed by atoms with Crippen molar-refractivity contribution in [2.75, 3.05) is 13.1 Å². The van der Waals surface area contributed by atoms with Crippen molar-refractivity contribution >= 4 is 16.8 Å². The van der Waals surface area contributed by atoms with Gasteiger partial charge in [-0.15, -0.1) is 0 Å². The first-order valence-corrected chi connectivity index (χ1v) is 5.86. The highest BCUT2D eigenvalue weighted by molar-refractivity contribution is 5.98. The fourth-order valence-corrected chi connectivity index (χ4v) is 2.33. The number of nitrogens with two attached hydrogens (primary N) is 1. The Balaban J connectivity index is 1.90. The smallest absolute Gasteiger partial charge is 0.270 e. The molecule has 1 aromatic carbocycles. The van der Waals surface area contributed by atoms with Gasteiger partial charge in [0.05, 0.1) is 0 Å². The number of fused-ring (bicyclic) bond motifs is 1. The Bertz CT molecular complexity index is 528. The lowest BCUT2D eigenvalue weighted by molar-refractivity contribution is 0.0786. The van der Waals surface area contributed by atoms with Gasteiger partial charge >= 0.3 is 0 Å². The minimum absolute atomic E-state index is 0.0501. The maximum absolute atomic E-state index is 12.2. The van der Waals surface area contributed by atoms with Crippen LogP contribution in [0.1, 0.15) is 16.9 Å². The van der Waals surface area contributed by atoms with Crippen molar-refractivity contribution in [2.24, 2.45) is 5.73 Å². The lowest BCUT2D eigenvalue weighted by atomic mass is 10.2. The van der Waals surface area contributed by atoms with Crippen molar-refractivity contribution < 1.29 is 4.79 Å². The Morgan fingerprint density at radius 1 is 1.41 bits per heavy atom. The Morgan fingerprint density at radius 3 is 2.94 bits per heavy atom. The fraction of sp³-hybridized carbons (Fsp3) is 0.308. The first-order valence-electron chi connectivity index (χ1n) is 5.86. The number of nitrogens with one attached hydrogen (secondary N) is 1. The van der Waals surface area contributed by atoms with Gasteiger partial charge in [-0.25, -0.2) is 0 Å². The predicted octanol–water partition coefficient (Wildman–Crippen LogP) is 1.34. The van der Waals surface area contributed by atoms with E-state index < -0.39 is 0 Å². The van der Waals surface area contributed by atoms with Crippen LogP contribution in [-0.2, 0) is 0 Å². The number of aromatic nitrogens is 1. The van der Waals surface area contributed by atoms with Crippen molar-refractivity contribution in [3.63, 3.8) is 0 Å². The van der Waals surface area contributed by atoms with Crippen molar-refractivity contribution in [2.45, 2.75) is 12.5 Å². The second-order valence-electron chi connectivity index (χ2n) is 4.57. The standard InChI is InChI=1S/C13H15N3O/c14-10-5-6-16(8-10)13(17)12-7-9-3-1-2-4-11(9)15-12/h1-4,7,10,15H,5-6,8,14H2. The number of hydrogen-bond acceptors (Lipinski definition) is 2. The second kappa shape index (κ2) is 3.89. The van der Waals surface area contributed by atoms with E-state index in [4.69, 9.17) is 5.73 Å². The van der Waals surface area contributed by atoms with Crippen molar-refractivity contribution in [1.82, 2.24) is 9.88 Å². The fourth-order valence-electron chi connectivity index (χ4n) is 2.33. The molecular formula is C13H15N3O. The van der Waals surface area contributed by atoms with Crippen LogP contribution in [0.5, 0.6) is 0 Å². The van der Waals surface area contributed by atoms with E-state index in [1.54, 1.807) is 0 Å². The maximum Gasteiger partial charge on any atom is 0.270 e. The van der Waals surface area contributed by atoms with Crippen LogP contribution in [0.3, 0.4) is 0 Å². The van der Waals surface area contributed by atoms with Crippen molar-refractivity contribution in [3.8, 4) is 0 Å². The number of nitrogens with zero attached hydrogens (tertiary/aromatic N) is 1. The maximum atomic E-state index is 12.2. The SMILES string of the molecule is NC1CCN(C(=O)c2cc3ccccc3[nH]2)C1. The van der Waals surface area contributed by atoms with Gasteiger partial charge in [0.2, 0.25) is 0 Å². The lowest BCUT2D eigenvalue weighted by Crippen LogP contribution is -2.32. The Kier molecular flexibility index (Phi) is 2.37. The van der Waals surface area contributed by atoms with E-state index in [-0.39, 0.29) is 11.9 Å². The number of likely N-dealkylation sites (tertiary alicyclic amines) is 1. The van der Waals surface area contributed by atoms with Gasteiger partial charge in [0, 0.05) is 30.0 Å². The van der Waals surface area contributed by atoms with E-state index in [2.05, 4.69) is 4.98 Å². The third-order valence-electron chi connectivity index (χ3n) is 3.27. The van der Waals surface area contributed by atoms with E-state index in [0.29, 0.717) is 12.2 Å². The first-order chi connectivity index (χ1) is 8.24. The zero-order valence-electron chi connectivity index (χ0n) is 9.52. The molecule has 3 N–H and O–H groups in total. The molecule has 0 saturated carbocycles. The van der Waals surface area contributed by atoms with E-state index in [1.165, 1.54) is 0 Å². The monoisotopic (exact) mass is 229 g/mol. The highest BCUT2D eigenvalue weighted by Gasteiger charge is 2.25. The summed E-state index contributed by atoms with van der Waals surface area (Å²) in [4.78, 5) is 17.2. The summed E-state index contributed by atoms with van der Waals surface area (Å²) in [7, 11) is 0. The van der Waals surface area contributed by atoms with Crippen LogP contribution in [0.25, 0.3) is 10.9 Å². The summed E-state index contributed by atoms with van der Waals surface area (Å²) < 4.78 is 0. The number of benzene rings is 1. The van der Waals surface area contributed by atoms with Gasteiger partial charge in [-0.1, -0.05) is 18.2 Å². The first kappa shape index (κ1) is 10.4. The van der Waals surface area contributed by atoms with Crippen LogP contribution in [0.15, 0.2) is 30.3 Å². The number of hydrogen-bond donors (Lipinski definition) is 2. The molecule has 2 heterocycles. The molecule has 1 atom stereocenters. The number of para-hydroxylation sites is 1. The van der Waals surface area contributed by atoms with Gasteiger partial charge < -0.3 is 15.6 Å². The second-order valence-corrected chi connectivity index (χ2v) is 4.57. The number of carbonyl (C=O) groups is 1. The Hall–Kier alpha value is -1.81. The molecule has 0 radical (unpaired) electrons. The van der Waals surface area contributed by atoms with Gasteiger partial charge in [-0.05, 0) is 18.6 Å². The summed E-state index contributed by atoms with van der Waals surface area (Å²) in [6.07, 6.45) is 0.895. The quantitative estimate of drug-likeness (QED) is 0.775. The molecule has 4 heteroatoms. The van der Waals surface area contributed by atoms with Crippen LogP contribution < -0.4 is 5.73 Å². The molecule has 1 aromatic heterocycles. The van der Waals surface area contributed by atoms with Crippen LogP contribution in [0, 0.1) is 0 Å². The molecule has 1 unspecified atom stereocenters. The van der Waals surface area contributed by atoms with Crippen LogP contribution >= 0.6 is 0 Å². The van der Waals surface area contributed by atoms with Crippen LogP contribution in [-0.4, -0.2) is 34.9 Å². The summed E-state index contributed by atoms with van der Waals surface area (Å²) in [6, 6.07) is 9.93. The van der Waals surface area contributed by atoms with Gasteiger partial charge in [0.1, 0.15) is 5.69 Å². The Labute approximate surface area is 99.4 Å². The minimum Gasteiger partial charge on any atom is -0.351 e. The van der Waals surface area contributed by atoms with Crippen LogP contribution in [0.2, 0.25) is 0 Å². The molecular weight excluding hydrogens is 214 g/mol. The summed E-state index contributed by atoms with van der Waals surface area (Å²) >= 11 is 0. The number of carbonyl (C=O) groups excluding carboxylic acids is 1. The number of aromatic amines is 1. The number of rotatable bonds is 1. The molecule has 1 aliphatic rings. The minimum atomic E-state index is 0.0501. The molecule has 0 bridgehead atoms. The summed E-state index contributed by atoms with van der Waals surface area (Å²) in [6.45, 7) is 1.42. The van der Waals surface area contributed by atoms with Gasteiger partial charge in [0.25, 0.3) is 5.91 Å². The molecule has 1 amide bonds. The molecule has 17 heavy (non-hydrogen) atoms. The third-order valence-corrected chi connectivity index (χ3v) is 3.27. The topological polar surface area (TPSA) is 62.1 Å². The molecule has 2 aromatic rings. The molecule has 0 aliphatic carbocycles. The highest BCUT2D eigenvalue weighted by Crippen LogP contribution is 2.17. The molecule has 1 fully saturated rings. The molecule has 1 saturated heterocycles. The van der Waals surface area contributed by atoms with Gasteiger partial charge in [-0.2, -0.15) is 0 Å². The third kappa shape index (κ3) is 1.80.